The average Bonchev–Trinajstić information content (AvgIpc) is 3.01. The zero-order chi connectivity index (χ0) is 17.6. The Morgan fingerprint density at radius 1 is 1.36 bits per heavy atom. The molecular formula is C20H27N3O2. The Balaban J connectivity index is 1.37. The summed E-state index contributed by atoms with van der Waals surface area (Å²) < 4.78 is 2.05. The van der Waals surface area contributed by atoms with Crippen molar-refractivity contribution < 1.29 is 9.90 Å². The molecule has 1 saturated heterocycles. The van der Waals surface area contributed by atoms with Gasteiger partial charge in [-0.05, 0) is 43.4 Å². The minimum absolute atomic E-state index is 0.0353. The maximum Gasteiger partial charge on any atom is 0.228 e. The van der Waals surface area contributed by atoms with Gasteiger partial charge in [-0.25, -0.2) is 4.52 Å². The smallest absolute Gasteiger partial charge is 0.228 e. The quantitative estimate of drug-likeness (QED) is 0.910. The molecule has 0 aromatic carbocycles. The van der Waals surface area contributed by atoms with E-state index in [0.717, 1.165) is 18.6 Å². The second-order valence-electron chi connectivity index (χ2n) is 8.06. The molecule has 1 unspecified atom stereocenters. The Morgan fingerprint density at radius 2 is 2.12 bits per heavy atom. The molecule has 1 amide bonds. The molecule has 2 fully saturated rings. The zero-order valence-corrected chi connectivity index (χ0v) is 15.1. The molecule has 4 rings (SSSR count). The highest BCUT2D eigenvalue weighted by Crippen LogP contribution is 2.56. The fraction of sp³-hybridized carbons (Fsp3) is 0.600. The van der Waals surface area contributed by atoms with Gasteiger partial charge in [0, 0.05) is 36.3 Å². The van der Waals surface area contributed by atoms with Gasteiger partial charge in [-0.15, -0.1) is 0 Å². The van der Waals surface area contributed by atoms with Crippen molar-refractivity contribution in [1.82, 2.24) is 14.5 Å². The molecule has 0 bridgehead atoms. The predicted octanol–water partition coefficient (Wildman–Crippen LogP) is 2.69. The minimum Gasteiger partial charge on any atom is -0.396 e. The number of aromatic nitrogens is 2. The molecule has 2 aromatic heterocycles. The summed E-state index contributed by atoms with van der Waals surface area (Å²) >= 11 is 0. The minimum atomic E-state index is -0.218. The van der Waals surface area contributed by atoms with E-state index in [0.29, 0.717) is 23.7 Å². The summed E-state index contributed by atoms with van der Waals surface area (Å²) in [4.78, 5) is 14.3. The van der Waals surface area contributed by atoms with Crippen LogP contribution in [0.2, 0.25) is 0 Å². The molecule has 3 heterocycles. The molecule has 5 heteroatoms. The van der Waals surface area contributed by atoms with Crippen LogP contribution < -0.4 is 0 Å². The standard InChI is InChI=1S/C20H27N3O2/c1-3-15(11-24)19(25)22-12-20(13-22)9-16(10-20)14(2)18-6-4-5-17-7-8-21-23(17)18/h4-8,14-16,24H,3,9-13H2,1-2H3/t14?,15-/m1/s1. The molecule has 1 spiro atoms. The number of rotatable bonds is 5. The van der Waals surface area contributed by atoms with E-state index in [4.69, 9.17) is 0 Å². The van der Waals surface area contributed by atoms with Crippen LogP contribution in [-0.4, -0.2) is 45.2 Å². The molecule has 2 atom stereocenters. The van der Waals surface area contributed by atoms with Gasteiger partial charge in [-0.1, -0.05) is 19.9 Å². The first kappa shape index (κ1) is 16.6. The SMILES string of the molecule is CC[C@H](CO)C(=O)N1CC2(CC(C(C)c3cccc4ccnn34)C2)C1. The number of nitrogens with zero attached hydrogens (tertiary/aromatic N) is 3. The number of fused-ring (bicyclic) bond motifs is 1. The second kappa shape index (κ2) is 6.13. The lowest BCUT2D eigenvalue weighted by Crippen LogP contribution is -2.65. The number of aliphatic hydroxyl groups is 1. The van der Waals surface area contributed by atoms with Gasteiger partial charge < -0.3 is 10.0 Å². The van der Waals surface area contributed by atoms with E-state index in [1.54, 1.807) is 0 Å². The van der Waals surface area contributed by atoms with Crippen LogP contribution in [0.4, 0.5) is 0 Å². The van der Waals surface area contributed by atoms with Crippen molar-refractivity contribution in [3.05, 3.63) is 36.2 Å². The first-order chi connectivity index (χ1) is 12.1. The number of amides is 1. The van der Waals surface area contributed by atoms with E-state index in [1.807, 2.05) is 24.1 Å². The Hall–Kier alpha value is -1.88. The molecule has 1 aliphatic heterocycles. The van der Waals surface area contributed by atoms with E-state index in [2.05, 4.69) is 34.7 Å². The van der Waals surface area contributed by atoms with Crippen molar-refractivity contribution in [3.8, 4) is 0 Å². The normalized spacial score (nSPS) is 21.8. The van der Waals surface area contributed by atoms with Crippen molar-refractivity contribution in [3.63, 3.8) is 0 Å². The lowest BCUT2D eigenvalue weighted by Gasteiger charge is -2.60. The summed E-state index contributed by atoms with van der Waals surface area (Å²) in [6.45, 7) is 5.97. The number of aliphatic hydroxyl groups excluding tert-OH is 1. The number of hydrogen-bond acceptors (Lipinski definition) is 3. The van der Waals surface area contributed by atoms with E-state index in [-0.39, 0.29) is 18.4 Å². The van der Waals surface area contributed by atoms with Gasteiger partial charge in [0.05, 0.1) is 18.0 Å². The largest absolute Gasteiger partial charge is 0.396 e. The molecular weight excluding hydrogens is 314 g/mol. The van der Waals surface area contributed by atoms with Gasteiger partial charge in [0.1, 0.15) is 0 Å². The number of likely N-dealkylation sites (tertiary alicyclic amines) is 1. The highest BCUT2D eigenvalue weighted by atomic mass is 16.3. The van der Waals surface area contributed by atoms with E-state index >= 15 is 0 Å². The summed E-state index contributed by atoms with van der Waals surface area (Å²) in [5.41, 5.74) is 2.76. The van der Waals surface area contributed by atoms with Crippen LogP contribution in [0, 0.1) is 17.3 Å². The number of carbonyl (C=O) groups excluding carboxylic acids is 1. The van der Waals surface area contributed by atoms with Gasteiger partial charge in [0.2, 0.25) is 5.91 Å². The van der Waals surface area contributed by atoms with E-state index in [9.17, 15) is 9.90 Å². The first-order valence-electron chi connectivity index (χ1n) is 9.39. The lowest BCUT2D eigenvalue weighted by atomic mass is 9.54. The van der Waals surface area contributed by atoms with Crippen molar-refractivity contribution >= 4 is 11.4 Å². The van der Waals surface area contributed by atoms with Gasteiger partial charge in [0.15, 0.2) is 0 Å². The second-order valence-corrected chi connectivity index (χ2v) is 8.06. The van der Waals surface area contributed by atoms with Crippen LogP contribution in [0.15, 0.2) is 30.5 Å². The zero-order valence-electron chi connectivity index (χ0n) is 15.1. The Labute approximate surface area is 148 Å². The fourth-order valence-electron chi connectivity index (χ4n) is 4.78. The van der Waals surface area contributed by atoms with Crippen LogP contribution in [0.3, 0.4) is 0 Å². The molecule has 0 radical (unpaired) electrons. The molecule has 134 valence electrons. The average molecular weight is 341 g/mol. The molecule has 1 aliphatic carbocycles. The summed E-state index contributed by atoms with van der Waals surface area (Å²) in [5.74, 6) is 1.05. The summed E-state index contributed by atoms with van der Waals surface area (Å²) in [5, 5.41) is 13.8. The topological polar surface area (TPSA) is 57.8 Å². The van der Waals surface area contributed by atoms with Crippen molar-refractivity contribution in [2.75, 3.05) is 19.7 Å². The number of carbonyl (C=O) groups is 1. The third-order valence-electron chi connectivity index (χ3n) is 6.44. The highest BCUT2D eigenvalue weighted by molar-refractivity contribution is 5.80. The van der Waals surface area contributed by atoms with E-state index in [1.165, 1.54) is 18.5 Å². The number of pyridine rings is 1. The van der Waals surface area contributed by atoms with Gasteiger partial charge in [0.25, 0.3) is 0 Å². The Bertz CT molecular complexity index is 766. The Kier molecular flexibility index (Phi) is 4.07. The predicted molar refractivity (Wildman–Crippen MR) is 96.2 cm³/mol. The first-order valence-corrected chi connectivity index (χ1v) is 9.39. The van der Waals surface area contributed by atoms with Crippen molar-refractivity contribution in [1.29, 1.82) is 0 Å². The monoisotopic (exact) mass is 341 g/mol. The molecule has 25 heavy (non-hydrogen) atoms. The fourth-order valence-corrected chi connectivity index (χ4v) is 4.78. The third kappa shape index (κ3) is 2.65. The van der Waals surface area contributed by atoms with Gasteiger partial charge >= 0.3 is 0 Å². The maximum absolute atomic E-state index is 12.3. The van der Waals surface area contributed by atoms with Crippen molar-refractivity contribution in [2.24, 2.45) is 17.3 Å². The Morgan fingerprint density at radius 3 is 2.80 bits per heavy atom. The molecule has 2 aliphatic rings. The van der Waals surface area contributed by atoms with Crippen LogP contribution in [0.1, 0.15) is 44.7 Å². The third-order valence-corrected chi connectivity index (χ3v) is 6.44. The molecule has 1 saturated carbocycles. The van der Waals surface area contributed by atoms with Crippen LogP contribution in [0.25, 0.3) is 5.52 Å². The summed E-state index contributed by atoms with van der Waals surface area (Å²) in [7, 11) is 0. The van der Waals surface area contributed by atoms with Gasteiger partial charge in [-0.2, -0.15) is 5.10 Å². The van der Waals surface area contributed by atoms with Crippen LogP contribution in [-0.2, 0) is 4.79 Å². The highest BCUT2D eigenvalue weighted by Gasteiger charge is 2.55. The molecule has 2 aromatic rings. The molecule has 1 N–H and O–H groups in total. The lowest BCUT2D eigenvalue weighted by molar-refractivity contribution is -0.161. The van der Waals surface area contributed by atoms with Gasteiger partial charge in [-0.3, -0.25) is 4.79 Å². The van der Waals surface area contributed by atoms with Crippen LogP contribution in [0.5, 0.6) is 0 Å². The summed E-state index contributed by atoms with van der Waals surface area (Å²) in [6, 6.07) is 8.42. The van der Waals surface area contributed by atoms with Crippen LogP contribution >= 0.6 is 0 Å². The maximum atomic E-state index is 12.3. The van der Waals surface area contributed by atoms with E-state index < -0.39 is 0 Å². The molecule has 5 nitrogen and oxygen atoms in total. The summed E-state index contributed by atoms with van der Waals surface area (Å²) in [6.07, 6.45) is 4.94. The number of hydrogen-bond donors (Lipinski definition) is 1. The van der Waals surface area contributed by atoms with Crippen molar-refractivity contribution in [2.45, 2.75) is 39.0 Å².